The number of methoxy groups -OCH3 is 1. The van der Waals surface area contributed by atoms with E-state index in [4.69, 9.17) is 4.74 Å². The molecular weight excluding hydrogens is 285 g/mol. The molecule has 0 saturated carbocycles. The highest BCUT2D eigenvalue weighted by molar-refractivity contribution is 5.96. The summed E-state index contributed by atoms with van der Waals surface area (Å²) in [5.74, 6) is -0.569. The Morgan fingerprint density at radius 1 is 1.36 bits per heavy atom. The summed E-state index contributed by atoms with van der Waals surface area (Å²) in [5, 5.41) is 2.72. The third kappa shape index (κ3) is 2.76. The van der Waals surface area contributed by atoms with Gasteiger partial charge in [-0.3, -0.25) is 4.79 Å². The number of rotatable bonds is 4. The number of ether oxygens (including phenoxy) is 1. The molecule has 0 unspecified atom stereocenters. The van der Waals surface area contributed by atoms with Crippen LogP contribution in [0.1, 0.15) is 16.1 Å². The van der Waals surface area contributed by atoms with E-state index < -0.39 is 11.7 Å². The van der Waals surface area contributed by atoms with E-state index in [2.05, 4.69) is 10.3 Å². The van der Waals surface area contributed by atoms with Crippen molar-refractivity contribution >= 4 is 11.6 Å². The first-order valence-electron chi connectivity index (χ1n) is 6.72. The van der Waals surface area contributed by atoms with Crippen LogP contribution in [0.25, 0.3) is 5.65 Å². The first-order valence-corrected chi connectivity index (χ1v) is 6.72. The number of benzene rings is 1. The monoisotopic (exact) mass is 299 g/mol. The van der Waals surface area contributed by atoms with Gasteiger partial charge in [-0.15, -0.1) is 0 Å². The van der Waals surface area contributed by atoms with E-state index in [0.29, 0.717) is 5.75 Å². The molecule has 3 aromatic rings. The van der Waals surface area contributed by atoms with Gasteiger partial charge in [-0.1, -0.05) is 6.07 Å². The van der Waals surface area contributed by atoms with Crippen molar-refractivity contribution in [2.24, 2.45) is 0 Å². The third-order valence-corrected chi connectivity index (χ3v) is 3.25. The van der Waals surface area contributed by atoms with Gasteiger partial charge in [0.2, 0.25) is 0 Å². The quantitative estimate of drug-likeness (QED) is 0.805. The SMILES string of the molecule is COc1ccc(F)cc1C(=O)NCc1cn2ccccc2n1. The predicted octanol–water partition coefficient (Wildman–Crippen LogP) is 2.41. The van der Waals surface area contributed by atoms with Crippen LogP contribution in [-0.4, -0.2) is 22.4 Å². The topological polar surface area (TPSA) is 55.6 Å². The van der Waals surface area contributed by atoms with Crippen LogP contribution in [-0.2, 0) is 6.54 Å². The normalized spacial score (nSPS) is 10.6. The number of pyridine rings is 1. The van der Waals surface area contributed by atoms with Gasteiger partial charge < -0.3 is 14.5 Å². The van der Waals surface area contributed by atoms with Crippen molar-refractivity contribution in [3.63, 3.8) is 0 Å². The minimum Gasteiger partial charge on any atom is -0.496 e. The van der Waals surface area contributed by atoms with Crippen LogP contribution in [0.15, 0.2) is 48.8 Å². The Hall–Kier alpha value is -2.89. The zero-order chi connectivity index (χ0) is 15.5. The fourth-order valence-electron chi connectivity index (χ4n) is 2.20. The smallest absolute Gasteiger partial charge is 0.255 e. The van der Waals surface area contributed by atoms with E-state index >= 15 is 0 Å². The van der Waals surface area contributed by atoms with Gasteiger partial charge >= 0.3 is 0 Å². The maximum Gasteiger partial charge on any atom is 0.255 e. The van der Waals surface area contributed by atoms with E-state index in [1.165, 1.54) is 19.2 Å². The molecule has 2 aromatic heterocycles. The molecule has 1 aromatic carbocycles. The van der Waals surface area contributed by atoms with E-state index in [9.17, 15) is 9.18 Å². The maximum atomic E-state index is 13.3. The summed E-state index contributed by atoms with van der Waals surface area (Å²) in [6, 6.07) is 9.49. The van der Waals surface area contributed by atoms with E-state index in [-0.39, 0.29) is 12.1 Å². The Morgan fingerprint density at radius 2 is 2.23 bits per heavy atom. The van der Waals surface area contributed by atoms with Crippen LogP contribution in [0.5, 0.6) is 5.75 Å². The number of imidazole rings is 1. The zero-order valence-electron chi connectivity index (χ0n) is 11.9. The number of hydrogen-bond acceptors (Lipinski definition) is 3. The molecular formula is C16H14FN3O2. The molecule has 6 heteroatoms. The van der Waals surface area contributed by atoms with Gasteiger partial charge in [0.15, 0.2) is 0 Å². The van der Waals surface area contributed by atoms with Gasteiger partial charge in [-0.2, -0.15) is 0 Å². The summed E-state index contributed by atoms with van der Waals surface area (Å²) in [7, 11) is 1.44. The average Bonchev–Trinajstić information content (AvgIpc) is 2.95. The first kappa shape index (κ1) is 14.1. The lowest BCUT2D eigenvalue weighted by Crippen LogP contribution is -2.23. The summed E-state index contributed by atoms with van der Waals surface area (Å²) in [4.78, 5) is 16.6. The number of carbonyl (C=O) groups is 1. The zero-order valence-corrected chi connectivity index (χ0v) is 11.9. The summed E-state index contributed by atoms with van der Waals surface area (Å²) in [6.45, 7) is 0.250. The lowest BCUT2D eigenvalue weighted by Gasteiger charge is -2.08. The molecule has 0 aliphatic rings. The lowest BCUT2D eigenvalue weighted by atomic mass is 10.2. The van der Waals surface area contributed by atoms with Crippen molar-refractivity contribution in [1.29, 1.82) is 0 Å². The molecule has 2 heterocycles. The average molecular weight is 299 g/mol. The second-order valence-electron chi connectivity index (χ2n) is 4.73. The van der Waals surface area contributed by atoms with E-state index in [1.54, 1.807) is 0 Å². The first-order chi connectivity index (χ1) is 10.7. The summed E-state index contributed by atoms with van der Waals surface area (Å²) in [6.07, 6.45) is 3.71. The number of hydrogen-bond donors (Lipinski definition) is 1. The Bertz CT molecular complexity index is 796. The van der Waals surface area contributed by atoms with Gasteiger partial charge in [-0.25, -0.2) is 9.37 Å². The molecule has 0 aliphatic carbocycles. The Labute approximate surface area is 126 Å². The van der Waals surface area contributed by atoms with Crippen molar-refractivity contribution in [2.45, 2.75) is 6.54 Å². The summed E-state index contributed by atoms with van der Waals surface area (Å²) in [5.41, 5.74) is 1.68. The number of halogens is 1. The van der Waals surface area contributed by atoms with Crippen LogP contribution in [0.2, 0.25) is 0 Å². The Kier molecular flexibility index (Phi) is 3.74. The van der Waals surface area contributed by atoms with Crippen molar-refractivity contribution in [3.05, 3.63) is 65.9 Å². The second kappa shape index (κ2) is 5.85. The number of nitrogens with zero attached hydrogens (tertiary/aromatic N) is 2. The van der Waals surface area contributed by atoms with Crippen LogP contribution >= 0.6 is 0 Å². The molecule has 0 aliphatic heterocycles. The number of fused-ring (bicyclic) bond motifs is 1. The highest BCUT2D eigenvalue weighted by Gasteiger charge is 2.13. The van der Waals surface area contributed by atoms with Crippen LogP contribution in [0.3, 0.4) is 0 Å². The summed E-state index contributed by atoms with van der Waals surface area (Å²) >= 11 is 0. The van der Waals surface area contributed by atoms with Gasteiger partial charge in [0.05, 0.1) is 24.9 Å². The fraction of sp³-hybridized carbons (Fsp3) is 0.125. The highest BCUT2D eigenvalue weighted by Crippen LogP contribution is 2.19. The molecule has 5 nitrogen and oxygen atoms in total. The molecule has 1 amide bonds. The maximum absolute atomic E-state index is 13.3. The largest absolute Gasteiger partial charge is 0.496 e. The second-order valence-corrected chi connectivity index (χ2v) is 4.73. The van der Waals surface area contributed by atoms with Gasteiger partial charge in [-0.05, 0) is 30.3 Å². The predicted molar refractivity (Wildman–Crippen MR) is 79.3 cm³/mol. The van der Waals surface area contributed by atoms with Crippen molar-refractivity contribution in [3.8, 4) is 5.75 Å². The number of aromatic nitrogens is 2. The molecule has 0 atom stereocenters. The van der Waals surface area contributed by atoms with Crippen molar-refractivity contribution < 1.29 is 13.9 Å². The molecule has 0 fully saturated rings. The molecule has 0 saturated heterocycles. The van der Waals surface area contributed by atoms with Gasteiger partial charge in [0, 0.05) is 12.4 Å². The van der Waals surface area contributed by atoms with Gasteiger partial charge in [0.25, 0.3) is 5.91 Å². The van der Waals surface area contributed by atoms with Crippen LogP contribution in [0.4, 0.5) is 4.39 Å². The molecule has 22 heavy (non-hydrogen) atoms. The molecule has 0 spiro atoms. The molecule has 3 rings (SSSR count). The molecule has 112 valence electrons. The highest BCUT2D eigenvalue weighted by atomic mass is 19.1. The minimum absolute atomic E-state index is 0.159. The van der Waals surface area contributed by atoms with Crippen molar-refractivity contribution in [1.82, 2.24) is 14.7 Å². The number of carbonyl (C=O) groups excluding carboxylic acids is 1. The fourth-order valence-corrected chi connectivity index (χ4v) is 2.20. The van der Waals surface area contributed by atoms with Gasteiger partial charge in [0.1, 0.15) is 17.2 Å². The van der Waals surface area contributed by atoms with E-state index in [0.717, 1.165) is 17.4 Å². The minimum atomic E-state index is -0.487. The third-order valence-electron chi connectivity index (χ3n) is 3.25. The number of nitrogens with one attached hydrogen (secondary N) is 1. The van der Waals surface area contributed by atoms with Crippen LogP contribution < -0.4 is 10.1 Å². The summed E-state index contributed by atoms with van der Waals surface area (Å²) < 4.78 is 20.2. The molecule has 1 N–H and O–H groups in total. The van der Waals surface area contributed by atoms with Crippen LogP contribution in [0, 0.1) is 5.82 Å². The molecule has 0 radical (unpaired) electrons. The standard InChI is InChI=1S/C16H14FN3O2/c1-22-14-6-5-11(17)8-13(14)16(21)18-9-12-10-20-7-3-2-4-15(20)19-12/h2-8,10H,9H2,1H3,(H,18,21). The molecule has 0 bridgehead atoms. The Balaban J connectivity index is 1.76. The number of amides is 1. The lowest BCUT2D eigenvalue weighted by molar-refractivity contribution is 0.0947. The Morgan fingerprint density at radius 3 is 3.00 bits per heavy atom. The van der Waals surface area contributed by atoms with E-state index in [1.807, 2.05) is 35.0 Å². The van der Waals surface area contributed by atoms with Crippen molar-refractivity contribution in [2.75, 3.05) is 7.11 Å².